The third-order valence-electron chi connectivity index (χ3n) is 7.11. The van der Waals surface area contributed by atoms with E-state index in [0.29, 0.717) is 45.6 Å². The Balaban J connectivity index is 1.45. The van der Waals surface area contributed by atoms with Crippen LogP contribution in [-0.4, -0.2) is 63.4 Å². The number of ether oxygens (including phenoxy) is 2. The fourth-order valence-corrected chi connectivity index (χ4v) is 5.60. The first-order valence-corrected chi connectivity index (χ1v) is 14.1. The van der Waals surface area contributed by atoms with Crippen LogP contribution in [-0.2, 0) is 25.5 Å². The minimum absolute atomic E-state index is 0.151. The molecule has 0 bridgehead atoms. The third-order valence-corrected chi connectivity index (χ3v) is 8.24. The van der Waals surface area contributed by atoms with Crippen LogP contribution < -0.4 is 10.1 Å². The molecule has 0 radical (unpaired) electrons. The molecule has 0 saturated carbocycles. The lowest BCUT2D eigenvalue weighted by Gasteiger charge is -2.43. The molecule has 2 fully saturated rings. The van der Waals surface area contributed by atoms with Gasteiger partial charge in [0.2, 0.25) is 5.91 Å². The number of sulfone groups is 1. The summed E-state index contributed by atoms with van der Waals surface area (Å²) in [6.45, 7) is 3.64. The number of hydrogen-bond donors (Lipinski definition) is 1. The van der Waals surface area contributed by atoms with Crippen molar-refractivity contribution in [2.75, 3.05) is 32.6 Å². The van der Waals surface area contributed by atoms with Crippen molar-refractivity contribution in [1.29, 1.82) is 0 Å². The molecular formula is C26H31F3N2O5S. The summed E-state index contributed by atoms with van der Waals surface area (Å²) in [6, 6.07) is 10.9. The molecule has 11 heteroatoms. The Morgan fingerprint density at radius 1 is 1.16 bits per heavy atom. The largest absolute Gasteiger partial charge is 0.489 e. The molecule has 2 aromatic rings. The highest BCUT2D eigenvalue weighted by Gasteiger charge is 2.48. The third kappa shape index (κ3) is 6.27. The lowest BCUT2D eigenvalue weighted by atomic mass is 9.86. The van der Waals surface area contributed by atoms with Gasteiger partial charge in [0.15, 0.2) is 9.84 Å². The van der Waals surface area contributed by atoms with Gasteiger partial charge in [0, 0.05) is 32.6 Å². The molecule has 2 heterocycles. The van der Waals surface area contributed by atoms with Gasteiger partial charge in [-0.3, -0.25) is 9.69 Å². The molecule has 2 aliphatic heterocycles. The number of nitrogens with one attached hydrogen (secondary N) is 1. The Hall–Kier alpha value is -2.63. The van der Waals surface area contributed by atoms with Crippen molar-refractivity contribution in [3.63, 3.8) is 0 Å². The van der Waals surface area contributed by atoms with Gasteiger partial charge in [0.1, 0.15) is 17.4 Å². The Morgan fingerprint density at radius 2 is 1.84 bits per heavy atom. The topological polar surface area (TPSA) is 84.9 Å². The number of amides is 1. The van der Waals surface area contributed by atoms with Crippen molar-refractivity contribution < 1.29 is 35.9 Å². The zero-order valence-corrected chi connectivity index (χ0v) is 21.6. The van der Waals surface area contributed by atoms with Gasteiger partial charge in [-0.25, -0.2) is 8.42 Å². The number of hydrogen-bond acceptors (Lipinski definition) is 6. The van der Waals surface area contributed by atoms with Crippen LogP contribution in [0.5, 0.6) is 5.75 Å². The van der Waals surface area contributed by atoms with E-state index < -0.39 is 27.1 Å². The summed E-state index contributed by atoms with van der Waals surface area (Å²) in [7, 11) is -3.32. The molecule has 37 heavy (non-hydrogen) atoms. The summed E-state index contributed by atoms with van der Waals surface area (Å²) in [6.07, 6.45) is -2.12. The smallest absolute Gasteiger partial charge is 0.416 e. The zero-order valence-electron chi connectivity index (χ0n) is 20.8. The zero-order chi connectivity index (χ0) is 26.8. The highest BCUT2D eigenvalue weighted by Crippen LogP contribution is 2.35. The lowest BCUT2D eigenvalue weighted by molar-refractivity contribution is -0.141. The van der Waals surface area contributed by atoms with Crippen molar-refractivity contribution >= 4 is 15.7 Å². The van der Waals surface area contributed by atoms with Crippen LogP contribution in [0.1, 0.15) is 43.4 Å². The van der Waals surface area contributed by atoms with Crippen LogP contribution in [0.25, 0.3) is 0 Å². The van der Waals surface area contributed by atoms with E-state index >= 15 is 0 Å². The van der Waals surface area contributed by atoms with Crippen LogP contribution in [0, 0.1) is 0 Å². The van der Waals surface area contributed by atoms with E-state index in [9.17, 15) is 26.4 Å². The SMILES string of the molecule is CC(NC(=O)C1(N2CC[C@@H](Oc3cccc(C(F)(F)F)c3)C2)CCOCC1)c1ccc(S(C)(=O)=O)cc1. The van der Waals surface area contributed by atoms with Crippen LogP contribution in [0.15, 0.2) is 53.4 Å². The molecule has 7 nitrogen and oxygen atoms in total. The van der Waals surface area contributed by atoms with Crippen molar-refractivity contribution in [2.24, 2.45) is 0 Å². The van der Waals surface area contributed by atoms with Gasteiger partial charge in [0.05, 0.1) is 16.5 Å². The molecule has 1 N–H and O–H groups in total. The van der Waals surface area contributed by atoms with Crippen molar-refractivity contribution in [1.82, 2.24) is 10.2 Å². The number of benzene rings is 2. The summed E-state index contributed by atoms with van der Waals surface area (Å²) in [5, 5.41) is 3.08. The lowest BCUT2D eigenvalue weighted by Crippen LogP contribution is -2.61. The minimum Gasteiger partial charge on any atom is -0.489 e. The quantitative estimate of drug-likeness (QED) is 0.572. The average molecular weight is 541 g/mol. The molecule has 1 unspecified atom stereocenters. The molecule has 1 amide bonds. The van der Waals surface area contributed by atoms with E-state index in [-0.39, 0.29) is 28.7 Å². The van der Waals surface area contributed by atoms with Crippen molar-refractivity contribution in [2.45, 2.75) is 54.9 Å². The maximum Gasteiger partial charge on any atom is 0.416 e. The molecule has 2 atom stereocenters. The summed E-state index contributed by atoms with van der Waals surface area (Å²) < 4.78 is 74.1. The van der Waals surface area contributed by atoms with Crippen LogP contribution in [0.3, 0.4) is 0 Å². The van der Waals surface area contributed by atoms with Gasteiger partial charge in [0.25, 0.3) is 0 Å². The molecule has 202 valence electrons. The second-order valence-electron chi connectivity index (χ2n) is 9.68. The summed E-state index contributed by atoms with van der Waals surface area (Å²) in [5.74, 6) is -0.00600. The number of carbonyl (C=O) groups is 1. The van der Waals surface area contributed by atoms with E-state index in [2.05, 4.69) is 10.2 Å². The van der Waals surface area contributed by atoms with E-state index in [0.717, 1.165) is 24.0 Å². The predicted octanol–water partition coefficient (Wildman–Crippen LogP) is 3.99. The fourth-order valence-electron chi connectivity index (χ4n) is 4.97. The Morgan fingerprint density at radius 3 is 2.46 bits per heavy atom. The minimum atomic E-state index is -4.45. The molecule has 0 aromatic heterocycles. The number of carbonyl (C=O) groups excluding carboxylic acids is 1. The van der Waals surface area contributed by atoms with Crippen LogP contribution >= 0.6 is 0 Å². The standard InChI is InChI=1S/C26H31F3N2O5S/c1-18(19-6-8-23(9-7-19)37(2,33)34)30-24(32)25(11-14-35-15-12-25)31-13-10-22(17-31)36-21-5-3-4-20(16-21)26(27,28)29/h3-9,16,18,22H,10-15,17H2,1-2H3,(H,30,32)/t18?,22-/m1/s1. The number of nitrogens with zero attached hydrogens (tertiary/aromatic N) is 1. The van der Waals surface area contributed by atoms with Gasteiger partial charge in [-0.05, 0) is 62.1 Å². The molecule has 2 aliphatic rings. The number of likely N-dealkylation sites (tertiary alicyclic amines) is 1. The van der Waals surface area contributed by atoms with E-state index in [1.54, 1.807) is 12.1 Å². The maximum absolute atomic E-state index is 13.7. The summed E-state index contributed by atoms with van der Waals surface area (Å²) >= 11 is 0. The Kier molecular flexibility index (Phi) is 7.87. The second kappa shape index (κ2) is 10.6. The van der Waals surface area contributed by atoms with Gasteiger partial charge in [-0.1, -0.05) is 18.2 Å². The van der Waals surface area contributed by atoms with Gasteiger partial charge < -0.3 is 14.8 Å². The first-order valence-electron chi connectivity index (χ1n) is 12.2. The van der Waals surface area contributed by atoms with Gasteiger partial charge in [-0.15, -0.1) is 0 Å². The highest BCUT2D eigenvalue weighted by molar-refractivity contribution is 7.90. The fraction of sp³-hybridized carbons (Fsp3) is 0.500. The first kappa shape index (κ1) is 27.4. The van der Waals surface area contributed by atoms with E-state index in [4.69, 9.17) is 9.47 Å². The molecule has 2 aromatic carbocycles. The number of halogens is 3. The number of rotatable bonds is 7. The van der Waals surface area contributed by atoms with E-state index in [1.165, 1.54) is 24.3 Å². The monoisotopic (exact) mass is 540 g/mol. The molecule has 4 rings (SSSR count). The first-order chi connectivity index (χ1) is 17.4. The maximum atomic E-state index is 13.7. The predicted molar refractivity (Wildman–Crippen MR) is 131 cm³/mol. The van der Waals surface area contributed by atoms with E-state index in [1.807, 2.05) is 6.92 Å². The molecule has 0 spiro atoms. The summed E-state index contributed by atoms with van der Waals surface area (Å²) in [4.78, 5) is 15.9. The normalized spacial score (nSPS) is 21.4. The molecule has 2 saturated heterocycles. The van der Waals surface area contributed by atoms with Crippen LogP contribution in [0.2, 0.25) is 0 Å². The summed E-state index contributed by atoms with van der Waals surface area (Å²) in [5.41, 5.74) is -0.820. The molecule has 0 aliphatic carbocycles. The van der Waals surface area contributed by atoms with Crippen molar-refractivity contribution in [3.8, 4) is 5.75 Å². The number of alkyl halides is 3. The van der Waals surface area contributed by atoms with Crippen LogP contribution in [0.4, 0.5) is 13.2 Å². The Bertz CT molecular complexity index is 1210. The van der Waals surface area contributed by atoms with Gasteiger partial charge in [-0.2, -0.15) is 13.2 Å². The second-order valence-corrected chi connectivity index (χ2v) is 11.7. The molecular weight excluding hydrogens is 509 g/mol. The van der Waals surface area contributed by atoms with Crippen molar-refractivity contribution in [3.05, 3.63) is 59.7 Å². The van der Waals surface area contributed by atoms with Gasteiger partial charge >= 0.3 is 6.18 Å². The average Bonchev–Trinajstić information content (AvgIpc) is 3.32. The Labute approximate surface area is 214 Å². The highest BCUT2D eigenvalue weighted by atomic mass is 32.2.